The predicted molar refractivity (Wildman–Crippen MR) is 124 cm³/mol. The molecule has 2 aliphatic rings. The fourth-order valence-corrected chi connectivity index (χ4v) is 4.54. The minimum atomic E-state index is -1.09. The molecule has 2 heterocycles. The maximum absolute atomic E-state index is 13.7. The average molecular weight is 469 g/mol. The van der Waals surface area contributed by atoms with Crippen LogP contribution in [-0.2, 0) is 29.3 Å². The molecule has 1 aromatic carbocycles. The van der Waals surface area contributed by atoms with Crippen LogP contribution in [0.15, 0.2) is 24.3 Å². The van der Waals surface area contributed by atoms with Crippen molar-refractivity contribution in [1.82, 2.24) is 10.2 Å². The normalized spacial score (nSPS) is 22.6. The van der Waals surface area contributed by atoms with Crippen LogP contribution in [0.3, 0.4) is 0 Å². The van der Waals surface area contributed by atoms with Gasteiger partial charge in [0, 0.05) is 18.7 Å². The molecule has 9 nitrogen and oxygen atoms in total. The number of nitrogens with one attached hydrogen (secondary N) is 2. The smallest absolute Gasteiger partial charge is 0.397 e. The third-order valence-electron chi connectivity index (χ3n) is 5.92. The molecule has 34 heavy (non-hydrogen) atoms. The van der Waals surface area contributed by atoms with Crippen LogP contribution in [0.4, 0.5) is 5.69 Å². The first-order valence-electron chi connectivity index (χ1n) is 11.3. The quantitative estimate of drug-likeness (QED) is 0.517. The zero-order valence-corrected chi connectivity index (χ0v) is 20.5. The lowest BCUT2D eigenvalue weighted by Gasteiger charge is -2.31. The van der Waals surface area contributed by atoms with E-state index in [1.807, 2.05) is 39.0 Å². The van der Waals surface area contributed by atoms with E-state index in [1.165, 1.54) is 4.90 Å². The Balaban J connectivity index is 1.88. The Morgan fingerprint density at radius 1 is 1.24 bits per heavy atom. The molecule has 0 aromatic heterocycles. The van der Waals surface area contributed by atoms with Crippen LogP contribution >= 0.6 is 0 Å². The lowest BCUT2D eigenvalue weighted by Crippen LogP contribution is -2.53. The van der Waals surface area contributed by atoms with Gasteiger partial charge in [0.2, 0.25) is 11.8 Å². The molecule has 3 rings (SSSR count). The minimum absolute atomic E-state index is 0.00978. The van der Waals surface area contributed by atoms with E-state index in [0.717, 1.165) is 5.56 Å². The summed E-state index contributed by atoms with van der Waals surface area (Å²) in [7, 11) is 0. The molecular formula is C25H32N4O5. The number of carbonyl (C=O) groups is 4. The molecule has 3 amide bonds. The molecule has 0 saturated carbocycles. The number of nitriles is 1. The molecule has 1 aromatic rings. The zero-order valence-electron chi connectivity index (χ0n) is 20.5. The first-order chi connectivity index (χ1) is 15.7. The highest BCUT2D eigenvalue weighted by Crippen LogP contribution is 2.46. The predicted octanol–water partition coefficient (Wildman–Crippen LogP) is 2.26. The van der Waals surface area contributed by atoms with E-state index in [9.17, 15) is 24.4 Å². The first kappa shape index (κ1) is 25.2. The van der Waals surface area contributed by atoms with E-state index in [0.29, 0.717) is 5.69 Å². The highest BCUT2D eigenvalue weighted by molar-refractivity contribution is 6.33. The van der Waals surface area contributed by atoms with Crippen molar-refractivity contribution in [3.8, 4) is 6.07 Å². The number of ether oxygens (including phenoxy) is 1. The molecule has 9 heteroatoms. The zero-order chi connectivity index (χ0) is 25.5. The number of para-hydroxylation sites is 1. The number of fused-ring (bicyclic) bond motifs is 2. The van der Waals surface area contributed by atoms with Crippen molar-refractivity contribution < 1.29 is 23.9 Å². The summed E-state index contributed by atoms with van der Waals surface area (Å²) in [5.74, 6) is -2.87. The highest BCUT2D eigenvalue weighted by atomic mass is 16.6. The van der Waals surface area contributed by atoms with Gasteiger partial charge in [-0.05, 0) is 44.2 Å². The number of esters is 1. The molecule has 0 radical (unpaired) electrons. The van der Waals surface area contributed by atoms with Crippen molar-refractivity contribution in [2.24, 2.45) is 5.41 Å². The van der Waals surface area contributed by atoms with Crippen LogP contribution in [0.1, 0.15) is 59.9 Å². The fraction of sp³-hybridized carbons (Fsp3) is 0.560. The van der Waals surface area contributed by atoms with Gasteiger partial charge in [0.1, 0.15) is 17.7 Å². The number of nitrogens with zero attached hydrogens (tertiary/aromatic N) is 2. The van der Waals surface area contributed by atoms with Crippen molar-refractivity contribution in [2.45, 2.75) is 77.5 Å². The van der Waals surface area contributed by atoms with E-state index in [4.69, 9.17) is 4.74 Å². The number of benzene rings is 1. The first-order valence-corrected chi connectivity index (χ1v) is 11.3. The van der Waals surface area contributed by atoms with E-state index >= 15 is 0 Å². The molecule has 182 valence electrons. The van der Waals surface area contributed by atoms with Crippen LogP contribution in [0, 0.1) is 16.7 Å². The standard InChI is InChI=1S/C25H32N4O5/c1-23(2,3)12-18(27-19(30)21(32)34-24(4,5)6)20(31)29-14-25(11-15(29)13-26)16-9-7-8-10-17(16)28-22(25)33/h7-10,15,18H,11-12,14H2,1-6H3,(H,27,30)(H,28,33)/t15-,18-,25-/m0/s1. The lowest BCUT2D eigenvalue weighted by atomic mass is 9.80. The van der Waals surface area contributed by atoms with Crippen molar-refractivity contribution in [3.05, 3.63) is 29.8 Å². The largest absolute Gasteiger partial charge is 0.453 e. The number of likely N-dealkylation sites (tertiary alicyclic amines) is 1. The number of carbonyl (C=O) groups excluding carboxylic acids is 4. The van der Waals surface area contributed by atoms with Gasteiger partial charge in [-0.15, -0.1) is 0 Å². The molecule has 1 fully saturated rings. The van der Waals surface area contributed by atoms with Crippen molar-refractivity contribution in [1.29, 1.82) is 5.26 Å². The lowest BCUT2D eigenvalue weighted by molar-refractivity contribution is -0.164. The molecule has 1 saturated heterocycles. The molecule has 0 unspecified atom stereocenters. The third kappa shape index (κ3) is 5.06. The summed E-state index contributed by atoms with van der Waals surface area (Å²) in [5, 5.41) is 15.2. The van der Waals surface area contributed by atoms with Crippen molar-refractivity contribution in [2.75, 3.05) is 11.9 Å². The summed E-state index contributed by atoms with van der Waals surface area (Å²) in [6.45, 7) is 10.6. The van der Waals surface area contributed by atoms with Gasteiger partial charge in [0.05, 0.1) is 11.5 Å². The van der Waals surface area contributed by atoms with E-state index in [2.05, 4.69) is 16.7 Å². The van der Waals surface area contributed by atoms with E-state index in [-0.39, 0.29) is 30.7 Å². The Hall–Kier alpha value is -3.41. The molecule has 0 aliphatic carbocycles. The Morgan fingerprint density at radius 3 is 2.47 bits per heavy atom. The Morgan fingerprint density at radius 2 is 1.88 bits per heavy atom. The average Bonchev–Trinajstić information content (AvgIpc) is 3.23. The second-order valence-corrected chi connectivity index (χ2v) is 11.2. The molecule has 2 aliphatic heterocycles. The van der Waals surface area contributed by atoms with Crippen molar-refractivity contribution >= 4 is 29.4 Å². The third-order valence-corrected chi connectivity index (χ3v) is 5.92. The van der Waals surface area contributed by atoms with E-state index < -0.39 is 40.9 Å². The molecular weight excluding hydrogens is 436 g/mol. The highest BCUT2D eigenvalue weighted by Gasteiger charge is 2.56. The fourth-order valence-electron chi connectivity index (χ4n) is 4.54. The van der Waals surface area contributed by atoms with Crippen LogP contribution in [0.2, 0.25) is 0 Å². The second-order valence-electron chi connectivity index (χ2n) is 11.2. The number of hydrogen-bond acceptors (Lipinski definition) is 6. The number of anilines is 1. The van der Waals surface area contributed by atoms with Crippen LogP contribution in [0.5, 0.6) is 0 Å². The number of rotatable bonds is 3. The van der Waals surface area contributed by atoms with Gasteiger partial charge in [-0.1, -0.05) is 39.0 Å². The molecule has 3 atom stereocenters. The summed E-state index contributed by atoms with van der Waals surface area (Å²) < 4.78 is 5.13. The topological polar surface area (TPSA) is 129 Å². The molecule has 2 N–H and O–H groups in total. The summed E-state index contributed by atoms with van der Waals surface area (Å²) in [6.07, 6.45) is 0.380. The van der Waals surface area contributed by atoms with Gasteiger partial charge in [0.25, 0.3) is 0 Å². The van der Waals surface area contributed by atoms with E-state index in [1.54, 1.807) is 26.8 Å². The van der Waals surface area contributed by atoms with Gasteiger partial charge in [-0.3, -0.25) is 14.4 Å². The summed E-state index contributed by atoms with van der Waals surface area (Å²) in [5.41, 5.74) is -0.857. The van der Waals surface area contributed by atoms with Gasteiger partial charge in [-0.2, -0.15) is 5.26 Å². The van der Waals surface area contributed by atoms with Crippen LogP contribution in [-0.4, -0.2) is 52.8 Å². The molecule has 1 spiro atoms. The number of amides is 3. The Labute approximate surface area is 199 Å². The van der Waals surface area contributed by atoms with Crippen LogP contribution < -0.4 is 10.6 Å². The second kappa shape index (κ2) is 8.75. The van der Waals surface area contributed by atoms with Gasteiger partial charge >= 0.3 is 11.9 Å². The minimum Gasteiger partial charge on any atom is -0.453 e. The van der Waals surface area contributed by atoms with Gasteiger partial charge in [-0.25, -0.2) is 4.79 Å². The van der Waals surface area contributed by atoms with Crippen LogP contribution in [0.25, 0.3) is 0 Å². The summed E-state index contributed by atoms with van der Waals surface area (Å²) in [4.78, 5) is 52.8. The maximum Gasteiger partial charge on any atom is 0.397 e. The summed E-state index contributed by atoms with van der Waals surface area (Å²) >= 11 is 0. The van der Waals surface area contributed by atoms with Crippen molar-refractivity contribution in [3.63, 3.8) is 0 Å². The number of hydrogen-bond donors (Lipinski definition) is 2. The summed E-state index contributed by atoms with van der Waals surface area (Å²) in [6, 6.07) is 7.46. The molecule has 0 bridgehead atoms. The van der Waals surface area contributed by atoms with Gasteiger partial charge in [0.15, 0.2) is 0 Å². The van der Waals surface area contributed by atoms with Gasteiger partial charge < -0.3 is 20.3 Å². The monoisotopic (exact) mass is 468 g/mol. The maximum atomic E-state index is 13.7. The SMILES string of the molecule is CC(C)(C)C[C@H](NC(=O)C(=O)OC(C)(C)C)C(=O)N1C[C@]2(C[C@H]1C#N)C(=O)Nc1ccccc12. The Kier molecular flexibility index (Phi) is 6.49. The Bertz CT molecular complexity index is 1060.